The van der Waals surface area contributed by atoms with E-state index in [0.717, 1.165) is 24.8 Å². The Balaban J connectivity index is 1.93. The lowest BCUT2D eigenvalue weighted by molar-refractivity contribution is -0.164. The SMILES string of the molecule is CCCCOC(=O)C1CC(C)CCC1C(=O)OCc1ccccc1. The topological polar surface area (TPSA) is 52.6 Å². The van der Waals surface area contributed by atoms with Crippen LogP contribution in [-0.2, 0) is 25.7 Å². The first kappa shape index (κ1) is 18.5. The Morgan fingerprint density at radius 3 is 2.46 bits per heavy atom. The maximum absolute atomic E-state index is 12.5. The van der Waals surface area contributed by atoms with Crippen LogP contribution in [0.2, 0.25) is 0 Å². The molecule has 0 bridgehead atoms. The van der Waals surface area contributed by atoms with E-state index < -0.39 is 0 Å². The quantitative estimate of drug-likeness (QED) is 0.556. The monoisotopic (exact) mass is 332 g/mol. The molecular weight excluding hydrogens is 304 g/mol. The van der Waals surface area contributed by atoms with Crippen molar-refractivity contribution in [3.63, 3.8) is 0 Å². The molecule has 0 aromatic heterocycles. The first-order valence-corrected chi connectivity index (χ1v) is 8.99. The van der Waals surface area contributed by atoms with E-state index in [2.05, 4.69) is 13.8 Å². The normalized spacial score (nSPS) is 23.5. The number of esters is 2. The van der Waals surface area contributed by atoms with E-state index in [4.69, 9.17) is 9.47 Å². The van der Waals surface area contributed by atoms with Gasteiger partial charge in [0.25, 0.3) is 0 Å². The summed E-state index contributed by atoms with van der Waals surface area (Å²) >= 11 is 0. The molecule has 4 nitrogen and oxygen atoms in total. The van der Waals surface area contributed by atoms with Crippen LogP contribution < -0.4 is 0 Å². The number of unbranched alkanes of at least 4 members (excludes halogenated alkanes) is 1. The minimum Gasteiger partial charge on any atom is -0.465 e. The number of ether oxygens (including phenoxy) is 2. The maximum atomic E-state index is 12.5. The van der Waals surface area contributed by atoms with Gasteiger partial charge in [-0.2, -0.15) is 0 Å². The second-order valence-electron chi connectivity index (χ2n) is 6.75. The number of hydrogen-bond donors (Lipinski definition) is 0. The molecule has 0 heterocycles. The van der Waals surface area contributed by atoms with E-state index in [1.54, 1.807) is 0 Å². The fourth-order valence-corrected chi connectivity index (χ4v) is 3.18. The molecule has 1 fully saturated rings. The van der Waals surface area contributed by atoms with Crippen molar-refractivity contribution in [3.8, 4) is 0 Å². The Kier molecular flexibility index (Phi) is 7.29. The van der Waals surface area contributed by atoms with Gasteiger partial charge in [0, 0.05) is 0 Å². The van der Waals surface area contributed by atoms with Crippen molar-refractivity contribution in [2.75, 3.05) is 6.61 Å². The lowest BCUT2D eigenvalue weighted by atomic mass is 9.74. The molecule has 132 valence electrons. The Morgan fingerprint density at radius 2 is 1.75 bits per heavy atom. The van der Waals surface area contributed by atoms with E-state index in [1.165, 1.54) is 0 Å². The summed E-state index contributed by atoms with van der Waals surface area (Å²) < 4.78 is 10.8. The summed E-state index contributed by atoms with van der Waals surface area (Å²) in [5.74, 6) is -0.820. The van der Waals surface area contributed by atoms with Crippen molar-refractivity contribution in [3.05, 3.63) is 35.9 Å². The van der Waals surface area contributed by atoms with Gasteiger partial charge in [-0.1, -0.05) is 50.6 Å². The third kappa shape index (κ3) is 5.36. The predicted octanol–water partition coefficient (Wildman–Crippen LogP) is 4.13. The molecule has 1 aromatic carbocycles. The molecule has 0 N–H and O–H groups in total. The smallest absolute Gasteiger partial charge is 0.310 e. The zero-order valence-corrected chi connectivity index (χ0v) is 14.7. The maximum Gasteiger partial charge on any atom is 0.310 e. The Hall–Kier alpha value is -1.84. The molecule has 4 heteroatoms. The van der Waals surface area contributed by atoms with E-state index in [1.807, 2.05) is 30.3 Å². The zero-order valence-electron chi connectivity index (χ0n) is 14.7. The molecule has 24 heavy (non-hydrogen) atoms. The Labute approximate surface area is 144 Å². The van der Waals surface area contributed by atoms with E-state index >= 15 is 0 Å². The van der Waals surface area contributed by atoms with Gasteiger partial charge in [0.15, 0.2) is 0 Å². The van der Waals surface area contributed by atoms with Crippen LogP contribution in [0.3, 0.4) is 0 Å². The van der Waals surface area contributed by atoms with Crippen LogP contribution in [0.4, 0.5) is 0 Å². The van der Waals surface area contributed by atoms with Crippen LogP contribution >= 0.6 is 0 Å². The molecule has 3 unspecified atom stereocenters. The lowest BCUT2D eigenvalue weighted by Gasteiger charge is -2.31. The summed E-state index contributed by atoms with van der Waals surface area (Å²) in [4.78, 5) is 24.9. The Morgan fingerprint density at radius 1 is 1.04 bits per heavy atom. The Bertz CT molecular complexity index is 526. The van der Waals surface area contributed by atoms with Gasteiger partial charge in [-0.15, -0.1) is 0 Å². The summed E-state index contributed by atoms with van der Waals surface area (Å²) in [5.41, 5.74) is 0.956. The third-order valence-electron chi connectivity index (χ3n) is 4.68. The highest BCUT2D eigenvalue weighted by Gasteiger charge is 2.40. The first-order chi connectivity index (χ1) is 11.6. The van der Waals surface area contributed by atoms with Gasteiger partial charge < -0.3 is 9.47 Å². The van der Waals surface area contributed by atoms with Gasteiger partial charge in [-0.25, -0.2) is 0 Å². The number of rotatable bonds is 7. The minimum absolute atomic E-state index is 0.239. The van der Waals surface area contributed by atoms with Crippen molar-refractivity contribution >= 4 is 11.9 Å². The molecule has 0 radical (unpaired) electrons. The zero-order chi connectivity index (χ0) is 17.4. The number of hydrogen-bond acceptors (Lipinski definition) is 4. The highest BCUT2D eigenvalue weighted by atomic mass is 16.5. The fraction of sp³-hybridized carbons (Fsp3) is 0.600. The molecule has 2 rings (SSSR count). The van der Waals surface area contributed by atoms with Gasteiger partial charge in [0.05, 0.1) is 18.4 Å². The number of benzene rings is 1. The highest BCUT2D eigenvalue weighted by molar-refractivity contribution is 5.82. The van der Waals surface area contributed by atoms with Crippen molar-refractivity contribution in [2.24, 2.45) is 17.8 Å². The summed E-state index contributed by atoms with van der Waals surface area (Å²) in [7, 11) is 0. The average molecular weight is 332 g/mol. The van der Waals surface area contributed by atoms with Crippen LogP contribution in [0, 0.1) is 17.8 Å². The molecule has 1 aliphatic carbocycles. The molecule has 0 spiro atoms. The van der Waals surface area contributed by atoms with Gasteiger partial charge >= 0.3 is 11.9 Å². The molecular formula is C20H28O4. The van der Waals surface area contributed by atoms with E-state index in [9.17, 15) is 9.59 Å². The van der Waals surface area contributed by atoms with Crippen molar-refractivity contribution < 1.29 is 19.1 Å². The summed E-state index contributed by atoms with van der Waals surface area (Å²) in [6, 6.07) is 9.61. The van der Waals surface area contributed by atoms with Crippen LogP contribution in [0.1, 0.15) is 51.5 Å². The van der Waals surface area contributed by atoms with Gasteiger partial charge in [-0.3, -0.25) is 9.59 Å². The summed E-state index contributed by atoms with van der Waals surface area (Å²) in [6.07, 6.45) is 4.19. The van der Waals surface area contributed by atoms with Crippen molar-refractivity contribution in [1.82, 2.24) is 0 Å². The third-order valence-corrected chi connectivity index (χ3v) is 4.68. The largest absolute Gasteiger partial charge is 0.465 e. The van der Waals surface area contributed by atoms with Crippen LogP contribution in [0.25, 0.3) is 0 Å². The molecule has 1 aliphatic rings. The minimum atomic E-state index is -0.376. The van der Waals surface area contributed by atoms with Gasteiger partial charge in [-0.05, 0) is 37.2 Å². The molecule has 0 amide bonds. The second-order valence-corrected chi connectivity index (χ2v) is 6.75. The van der Waals surface area contributed by atoms with E-state index in [-0.39, 0.29) is 30.4 Å². The lowest BCUT2D eigenvalue weighted by Crippen LogP contribution is -2.37. The van der Waals surface area contributed by atoms with E-state index in [0.29, 0.717) is 25.4 Å². The van der Waals surface area contributed by atoms with Crippen LogP contribution in [0.5, 0.6) is 0 Å². The fourth-order valence-electron chi connectivity index (χ4n) is 3.18. The molecule has 3 atom stereocenters. The van der Waals surface area contributed by atoms with Crippen LogP contribution in [0.15, 0.2) is 30.3 Å². The number of carbonyl (C=O) groups is 2. The van der Waals surface area contributed by atoms with Gasteiger partial charge in [0.1, 0.15) is 6.61 Å². The van der Waals surface area contributed by atoms with Crippen molar-refractivity contribution in [2.45, 2.75) is 52.6 Å². The highest BCUT2D eigenvalue weighted by Crippen LogP contribution is 2.35. The second kappa shape index (κ2) is 9.45. The summed E-state index contributed by atoms with van der Waals surface area (Å²) in [5, 5.41) is 0. The van der Waals surface area contributed by atoms with Crippen molar-refractivity contribution in [1.29, 1.82) is 0 Å². The molecule has 0 aliphatic heterocycles. The molecule has 1 aromatic rings. The standard InChI is InChI=1S/C20H28O4/c1-3-4-12-23-20(22)18-13-15(2)10-11-17(18)19(21)24-14-16-8-6-5-7-9-16/h5-9,15,17-18H,3-4,10-14H2,1-2H3. The molecule has 1 saturated carbocycles. The van der Waals surface area contributed by atoms with Crippen LogP contribution in [-0.4, -0.2) is 18.5 Å². The number of carbonyl (C=O) groups excluding carboxylic acids is 2. The predicted molar refractivity (Wildman–Crippen MR) is 92.1 cm³/mol. The van der Waals surface area contributed by atoms with Gasteiger partial charge in [0.2, 0.25) is 0 Å². The summed E-state index contributed by atoms with van der Waals surface area (Å²) in [6.45, 7) is 4.87. The first-order valence-electron chi connectivity index (χ1n) is 8.99. The molecule has 0 saturated heterocycles. The average Bonchev–Trinajstić information content (AvgIpc) is 2.60.